The second-order valence-corrected chi connectivity index (χ2v) is 4.71. The Morgan fingerprint density at radius 1 is 1.59 bits per heavy atom. The maximum atomic E-state index is 12.0. The van der Waals surface area contributed by atoms with E-state index in [1.165, 1.54) is 18.4 Å². The molecule has 1 aromatic rings. The molecule has 0 N–H and O–H groups in total. The quantitative estimate of drug-likeness (QED) is 0.743. The van der Waals surface area contributed by atoms with Crippen LogP contribution in [0.5, 0.6) is 0 Å². The van der Waals surface area contributed by atoms with E-state index in [0.29, 0.717) is 18.8 Å². The van der Waals surface area contributed by atoms with E-state index in [1.54, 1.807) is 15.8 Å². The van der Waals surface area contributed by atoms with Gasteiger partial charge in [0.1, 0.15) is 5.69 Å². The number of methoxy groups -OCH3 is 1. The summed E-state index contributed by atoms with van der Waals surface area (Å²) in [6, 6.07) is 0. The van der Waals surface area contributed by atoms with Crippen molar-refractivity contribution in [2.75, 3.05) is 20.2 Å². The van der Waals surface area contributed by atoms with Crippen molar-refractivity contribution in [1.82, 2.24) is 9.88 Å². The molecule has 2 heterocycles. The highest BCUT2D eigenvalue weighted by atomic mass is 32.1. The summed E-state index contributed by atoms with van der Waals surface area (Å²) in [6.45, 7) is 1.12. The topological polar surface area (TPSA) is 59.5 Å². The summed E-state index contributed by atoms with van der Waals surface area (Å²) in [5.41, 5.74) is 2.09. The molecule has 92 valence electrons. The van der Waals surface area contributed by atoms with Gasteiger partial charge in [0.25, 0.3) is 5.91 Å². The van der Waals surface area contributed by atoms with Gasteiger partial charge >= 0.3 is 5.97 Å². The number of piperidine rings is 1. The molecule has 0 aromatic carbocycles. The standard InChI is InChI=1S/C11H14N2O3S/c1-16-11(15)8-3-2-4-13(5-8)10(14)9-6-17-7-12-9/h6-8H,2-5H2,1H3. The minimum Gasteiger partial charge on any atom is -0.469 e. The van der Waals surface area contributed by atoms with Crippen LogP contribution in [0.4, 0.5) is 0 Å². The predicted octanol–water partition coefficient (Wildman–Crippen LogP) is 1.17. The van der Waals surface area contributed by atoms with Gasteiger partial charge in [-0.25, -0.2) is 4.98 Å². The zero-order valence-electron chi connectivity index (χ0n) is 9.59. The van der Waals surface area contributed by atoms with Gasteiger partial charge < -0.3 is 9.64 Å². The average molecular weight is 254 g/mol. The van der Waals surface area contributed by atoms with E-state index in [-0.39, 0.29) is 17.8 Å². The highest BCUT2D eigenvalue weighted by Gasteiger charge is 2.29. The number of likely N-dealkylation sites (tertiary alicyclic amines) is 1. The van der Waals surface area contributed by atoms with Crippen molar-refractivity contribution >= 4 is 23.2 Å². The van der Waals surface area contributed by atoms with E-state index < -0.39 is 0 Å². The van der Waals surface area contributed by atoms with Crippen LogP contribution in [0.15, 0.2) is 10.9 Å². The zero-order chi connectivity index (χ0) is 12.3. The number of carbonyl (C=O) groups is 2. The van der Waals surface area contributed by atoms with Crippen LogP contribution in [0.1, 0.15) is 23.3 Å². The number of amides is 1. The van der Waals surface area contributed by atoms with Gasteiger partial charge in [-0.05, 0) is 12.8 Å². The zero-order valence-corrected chi connectivity index (χ0v) is 10.4. The highest BCUT2D eigenvalue weighted by molar-refractivity contribution is 7.07. The maximum Gasteiger partial charge on any atom is 0.310 e. The van der Waals surface area contributed by atoms with Crippen LogP contribution in [-0.4, -0.2) is 42.0 Å². The molecule has 1 unspecified atom stereocenters. The minimum absolute atomic E-state index is 0.0974. The first-order chi connectivity index (χ1) is 8.22. The molecule has 1 aliphatic heterocycles. The second-order valence-electron chi connectivity index (χ2n) is 3.99. The predicted molar refractivity (Wildman–Crippen MR) is 62.8 cm³/mol. The number of nitrogens with zero attached hydrogens (tertiary/aromatic N) is 2. The van der Waals surface area contributed by atoms with E-state index in [9.17, 15) is 9.59 Å². The van der Waals surface area contributed by atoms with Gasteiger partial charge in [0.2, 0.25) is 0 Å². The summed E-state index contributed by atoms with van der Waals surface area (Å²) in [4.78, 5) is 29.2. The van der Waals surface area contributed by atoms with Crippen molar-refractivity contribution in [2.24, 2.45) is 5.92 Å². The monoisotopic (exact) mass is 254 g/mol. The lowest BCUT2D eigenvalue weighted by Crippen LogP contribution is -2.42. The summed E-state index contributed by atoms with van der Waals surface area (Å²) < 4.78 is 4.72. The number of rotatable bonds is 2. The van der Waals surface area contributed by atoms with Gasteiger partial charge in [0.05, 0.1) is 18.5 Å². The van der Waals surface area contributed by atoms with E-state index >= 15 is 0 Å². The largest absolute Gasteiger partial charge is 0.469 e. The number of aromatic nitrogens is 1. The normalized spacial score (nSPS) is 20.1. The molecule has 17 heavy (non-hydrogen) atoms. The molecule has 2 rings (SSSR count). The fourth-order valence-electron chi connectivity index (χ4n) is 2.00. The first kappa shape index (κ1) is 12.0. The van der Waals surface area contributed by atoms with Crippen LogP contribution in [0.2, 0.25) is 0 Å². The smallest absolute Gasteiger partial charge is 0.310 e. The molecular weight excluding hydrogens is 240 g/mol. The van der Waals surface area contributed by atoms with Crippen LogP contribution >= 0.6 is 11.3 Å². The highest BCUT2D eigenvalue weighted by Crippen LogP contribution is 2.19. The Kier molecular flexibility index (Phi) is 3.73. The fraction of sp³-hybridized carbons (Fsp3) is 0.545. The van der Waals surface area contributed by atoms with E-state index in [4.69, 9.17) is 4.74 Å². The molecule has 1 atom stereocenters. The Morgan fingerprint density at radius 3 is 3.06 bits per heavy atom. The van der Waals surface area contributed by atoms with Gasteiger partial charge in [-0.2, -0.15) is 0 Å². The molecule has 1 aliphatic rings. The van der Waals surface area contributed by atoms with Crippen molar-refractivity contribution < 1.29 is 14.3 Å². The van der Waals surface area contributed by atoms with Crippen molar-refractivity contribution in [2.45, 2.75) is 12.8 Å². The first-order valence-corrected chi connectivity index (χ1v) is 6.42. The molecule has 0 radical (unpaired) electrons. The molecule has 1 amide bonds. The van der Waals surface area contributed by atoms with Gasteiger partial charge in [0.15, 0.2) is 0 Å². The third-order valence-corrected chi connectivity index (χ3v) is 3.48. The van der Waals surface area contributed by atoms with Gasteiger partial charge in [-0.1, -0.05) is 0 Å². The van der Waals surface area contributed by atoms with E-state index in [0.717, 1.165) is 12.8 Å². The third-order valence-electron chi connectivity index (χ3n) is 2.89. The van der Waals surface area contributed by atoms with E-state index in [2.05, 4.69) is 4.98 Å². The molecular formula is C11H14N2O3S. The molecule has 0 aliphatic carbocycles. The molecule has 0 spiro atoms. The van der Waals surface area contributed by atoms with Gasteiger partial charge in [-0.15, -0.1) is 11.3 Å². The van der Waals surface area contributed by atoms with Crippen LogP contribution in [-0.2, 0) is 9.53 Å². The molecule has 5 nitrogen and oxygen atoms in total. The lowest BCUT2D eigenvalue weighted by atomic mass is 9.98. The van der Waals surface area contributed by atoms with Crippen LogP contribution in [0.3, 0.4) is 0 Å². The summed E-state index contributed by atoms with van der Waals surface area (Å²) >= 11 is 1.39. The summed E-state index contributed by atoms with van der Waals surface area (Å²) in [6.07, 6.45) is 1.61. The number of esters is 1. The molecule has 1 saturated heterocycles. The van der Waals surface area contributed by atoms with Gasteiger partial charge in [0, 0.05) is 18.5 Å². The molecule has 0 bridgehead atoms. The average Bonchev–Trinajstić information content (AvgIpc) is 2.91. The lowest BCUT2D eigenvalue weighted by molar-refractivity contribution is -0.146. The third kappa shape index (κ3) is 2.63. The number of thiazole rings is 1. The molecule has 1 fully saturated rings. The number of ether oxygens (including phenoxy) is 1. The minimum atomic E-state index is -0.235. The van der Waals surface area contributed by atoms with Crippen molar-refractivity contribution in [3.8, 4) is 0 Å². The van der Waals surface area contributed by atoms with Crippen molar-refractivity contribution in [3.05, 3.63) is 16.6 Å². The maximum absolute atomic E-state index is 12.0. The van der Waals surface area contributed by atoms with Crippen molar-refractivity contribution in [3.63, 3.8) is 0 Å². The Bertz CT molecular complexity index is 405. The molecule has 6 heteroatoms. The Hall–Kier alpha value is -1.43. The summed E-state index contributed by atoms with van der Waals surface area (Å²) in [7, 11) is 1.38. The number of hydrogen-bond acceptors (Lipinski definition) is 5. The number of hydrogen-bond donors (Lipinski definition) is 0. The van der Waals surface area contributed by atoms with Crippen molar-refractivity contribution in [1.29, 1.82) is 0 Å². The number of carbonyl (C=O) groups excluding carboxylic acids is 2. The van der Waals surface area contributed by atoms with Crippen LogP contribution in [0.25, 0.3) is 0 Å². The van der Waals surface area contributed by atoms with Gasteiger partial charge in [-0.3, -0.25) is 9.59 Å². The Morgan fingerprint density at radius 2 is 2.41 bits per heavy atom. The molecule has 1 aromatic heterocycles. The SMILES string of the molecule is COC(=O)C1CCCN(C(=O)c2cscn2)C1. The fourth-order valence-corrected chi connectivity index (χ4v) is 2.53. The lowest BCUT2D eigenvalue weighted by Gasteiger charge is -2.30. The summed E-state index contributed by atoms with van der Waals surface area (Å²) in [5, 5.41) is 1.73. The van der Waals surface area contributed by atoms with Crippen LogP contribution in [0, 0.1) is 5.92 Å². The second kappa shape index (κ2) is 5.27. The summed E-state index contributed by atoms with van der Waals surface area (Å²) in [5.74, 6) is -0.531. The Labute approximate surface area is 103 Å². The van der Waals surface area contributed by atoms with Crippen LogP contribution < -0.4 is 0 Å². The first-order valence-electron chi connectivity index (χ1n) is 5.47. The molecule has 0 saturated carbocycles. The van der Waals surface area contributed by atoms with E-state index in [1.807, 2.05) is 0 Å². The Balaban J connectivity index is 2.02.